The van der Waals surface area contributed by atoms with E-state index in [1.165, 1.54) is 6.08 Å². The summed E-state index contributed by atoms with van der Waals surface area (Å²) < 4.78 is 5.02. The maximum absolute atomic E-state index is 9.20. The fourth-order valence-corrected chi connectivity index (χ4v) is 1.12. The van der Waals surface area contributed by atoms with Crippen LogP contribution in [-0.2, 0) is 4.74 Å². The van der Waals surface area contributed by atoms with Crippen LogP contribution in [-0.4, -0.2) is 46.3 Å². The molecular formula is C7H12O4. The van der Waals surface area contributed by atoms with Crippen LogP contribution in [0.3, 0.4) is 0 Å². The van der Waals surface area contributed by atoms with Gasteiger partial charge in [0.1, 0.15) is 24.4 Å². The molecule has 1 heterocycles. The average molecular weight is 160 g/mol. The van der Waals surface area contributed by atoms with Gasteiger partial charge in [-0.2, -0.15) is 0 Å². The topological polar surface area (TPSA) is 69.9 Å². The summed E-state index contributed by atoms with van der Waals surface area (Å²) in [6, 6.07) is 0. The Kier molecular flexibility index (Phi) is 2.62. The van der Waals surface area contributed by atoms with E-state index in [4.69, 9.17) is 9.84 Å². The Morgan fingerprint density at radius 2 is 2.00 bits per heavy atom. The van der Waals surface area contributed by atoms with Gasteiger partial charge in [0.05, 0.1) is 6.61 Å². The number of aliphatic hydroxyl groups excluding tert-OH is 3. The minimum Gasteiger partial charge on any atom is -0.394 e. The number of rotatable bonds is 2. The SMILES string of the molecule is C=C[C@@H]1O[C@H](CO)[C@@H](O)[C@H]1O. The van der Waals surface area contributed by atoms with Crippen molar-refractivity contribution in [2.45, 2.75) is 24.4 Å². The molecule has 0 unspecified atom stereocenters. The van der Waals surface area contributed by atoms with Crippen molar-refractivity contribution in [3.05, 3.63) is 12.7 Å². The van der Waals surface area contributed by atoms with Gasteiger partial charge in [0, 0.05) is 0 Å². The lowest BCUT2D eigenvalue weighted by atomic mass is 10.1. The monoisotopic (exact) mass is 160 g/mol. The fraction of sp³-hybridized carbons (Fsp3) is 0.714. The molecule has 11 heavy (non-hydrogen) atoms. The highest BCUT2D eigenvalue weighted by molar-refractivity contribution is 4.98. The minimum absolute atomic E-state index is 0.289. The van der Waals surface area contributed by atoms with Crippen molar-refractivity contribution in [3.8, 4) is 0 Å². The zero-order valence-electron chi connectivity index (χ0n) is 6.05. The van der Waals surface area contributed by atoms with Crippen molar-refractivity contribution in [3.63, 3.8) is 0 Å². The first-order chi connectivity index (χ1) is 5.20. The van der Waals surface area contributed by atoms with Crippen LogP contribution >= 0.6 is 0 Å². The lowest BCUT2D eigenvalue weighted by Crippen LogP contribution is -2.33. The van der Waals surface area contributed by atoms with Crippen LogP contribution in [0.5, 0.6) is 0 Å². The van der Waals surface area contributed by atoms with Crippen molar-refractivity contribution < 1.29 is 20.1 Å². The van der Waals surface area contributed by atoms with Crippen molar-refractivity contribution in [1.29, 1.82) is 0 Å². The van der Waals surface area contributed by atoms with Gasteiger partial charge in [-0.3, -0.25) is 0 Å². The first kappa shape index (κ1) is 8.67. The summed E-state index contributed by atoms with van der Waals surface area (Å²) in [5, 5.41) is 27.0. The highest BCUT2D eigenvalue weighted by Gasteiger charge is 2.40. The molecule has 0 aliphatic carbocycles. The predicted molar refractivity (Wildman–Crippen MR) is 38.0 cm³/mol. The van der Waals surface area contributed by atoms with Gasteiger partial charge in [0.2, 0.25) is 0 Å². The lowest BCUT2D eigenvalue weighted by Gasteiger charge is -2.10. The molecule has 1 aliphatic heterocycles. The molecule has 3 N–H and O–H groups in total. The van der Waals surface area contributed by atoms with E-state index in [-0.39, 0.29) is 6.61 Å². The first-order valence-electron chi connectivity index (χ1n) is 3.45. The third kappa shape index (κ3) is 1.44. The summed E-state index contributed by atoms with van der Waals surface area (Å²) in [6.45, 7) is 3.13. The molecule has 4 heteroatoms. The first-order valence-corrected chi connectivity index (χ1v) is 3.45. The smallest absolute Gasteiger partial charge is 0.112 e. The van der Waals surface area contributed by atoms with Crippen LogP contribution in [0.4, 0.5) is 0 Å². The van der Waals surface area contributed by atoms with Crippen molar-refractivity contribution in [1.82, 2.24) is 0 Å². The Hall–Kier alpha value is -0.420. The number of hydrogen-bond donors (Lipinski definition) is 3. The summed E-state index contributed by atoms with van der Waals surface area (Å²) in [6.07, 6.45) is -1.83. The summed E-state index contributed by atoms with van der Waals surface area (Å²) in [5.74, 6) is 0. The molecule has 0 aromatic rings. The lowest BCUT2D eigenvalue weighted by molar-refractivity contribution is -0.0122. The Morgan fingerprint density at radius 3 is 2.27 bits per heavy atom. The predicted octanol–water partition coefficient (Wildman–Crippen LogP) is -1.35. The van der Waals surface area contributed by atoms with E-state index in [1.807, 2.05) is 0 Å². The largest absolute Gasteiger partial charge is 0.394 e. The van der Waals surface area contributed by atoms with Gasteiger partial charge in [-0.25, -0.2) is 0 Å². The van der Waals surface area contributed by atoms with Gasteiger partial charge in [-0.15, -0.1) is 6.58 Å². The van der Waals surface area contributed by atoms with Gasteiger partial charge < -0.3 is 20.1 Å². The van der Waals surface area contributed by atoms with E-state index in [0.29, 0.717) is 0 Å². The van der Waals surface area contributed by atoms with E-state index in [1.54, 1.807) is 0 Å². The molecule has 1 aliphatic rings. The summed E-state index contributed by atoms with van der Waals surface area (Å²) >= 11 is 0. The third-order valence-electron chi connectivity index (χ3n) is 1.81. The van der Waals surface area contributed by atoms with E-state index >= 15 is 0 Å². The fourth-order valence-electron chi connectivity index (χ4n) is 1.12. The van der Waals surface area contributed by atoms with Crippen molar-refractivity contribution in [2.75, 3.05) is 6.61 Å². The van der Waals surface area contributed by atoms with Crippen LogP contribution in [0, 0.1) is 0 Å². The summed E-state index contributed by atoms with van der Waals surface area (Å²) in [7, 11) is 0. The standard InChI is InChI=1S/C7H12O4/c1-2-4-6(9)7(10)5(3-8)11-4/h2,4-10H,1,3H2/t4-,5+,6-,7+/m0/s1. The molecule has 64 valence electrons. The average Bonchev–Trinajstić information content (AvgIpc) is 2.30. The molecule has 0 radical (unpaired) electrons. The second-order valence-electron chi connectivity index (χ2n) is 2.54. The van der Waals surface area contributed by atoms with E-state index in [9.17, 15) is 10.2 Å². The van der Waals surface area contributed by atoms with E-state index in [0.717, 1.165) is 0 Å². The molecule has 0 saturated carbocycles. The van der Waals surface area contributed by atoms with Crippen molar-refractivity contribution >= 4 is 0 Å². The van der Waals surface area contributed by atoms with Gasteiger partial charge in [-0.1, -0.05) is 6.08 Å². The van der Waals surface area contributed by atoms with Crippen LogP contribution in [0.15, 0.2) is 12.7 Å². The highest BCUT2D eigenvalue weighted by atomic mass is 16.6. The highest BCUT2D eigenvalue weighted by Crippen LogP contribution is 2.21. The Bertz CT molecular complexity index is 147. The Morgan fingerprint density at radius 1 is 1.36 bits per heavy atom. The number of ether oxygens (including phenoxy) is 1. The Balaban J connectivity index is 2.60. The van der Waals surface area contributed by atoms with Crippen LogP contribution in [0.25, 0.3) is 0 Å². The molecular weight excluding hydrogens is 148 g/mol. The molecule has 4 nitrogen and oxygen atoms in total. The summed E-state index contributed by atoms with van der Waals surface area (Å²) in [5.41, 5.74) is 0. The maximum Gasteiger partial charge on any atom is 0.112 e. The van der Waals surface area contributed by atoms with Gasteiger partial charge in [-0.05, 0) is 0 Å². The van der Waals surface area contributed by atoms with E-state index < -0.39 is 24.4 Å². The second-order valence-corrected chi connectivity index (χ2v) is 2.54. The second kappa shape index (κ2) is 3.32. The molecule has 0 spiro atoms. The van der Waals surface area contributed by atoms with Gasteiger partial charge in [0.15, 0.2) is 0 Å². The van der Waals surface area contributed by atoms with Gasteiger partial charge >= 0.3 is 0 Å². The van der Waals surface area contributed by atoms with Crippen LogP contribution < -0.4 is 0 Å². The third-order valence-corrected chi connectivity index (χ3v) is 1.81. The zero-order chi connectivity index (χ0) is 8.43. The molecule has 0 bridgehead atoms. The summed E-state index contributed by atoms with van der Waals surface area (Å²) in [4.78, 5) is 0. The van der Waals surface area contributed by atoms with Gasteiger partial charge in [0.25, 0.3) is 0 Å². The molecule has 4 atom stereocenters. The normalized spacial score (nSPS) is 44.3. The zero-order valence-corrected chi connectivity index (χ0v) is 6.05. The number of hydrogen-bond acceptors (Lipinski definition) is 4. The molecule has 1 fully saturated rings. The molecule has 1 saturated heterocycles. The molecule has 0 amide bonds. The van der Waals surface area contributed by atoms with Crippen LogP contribution in [0.2, 0.25) is 0 Å². The van der Waals surface area contributed by atoms with E-state index in [2.05, 4.69) is 6.58 Å². The van der Waals surface area contributed by atoms with Crippen LogP contribution in [0.1, 0.15) is 0 Å². The maximum atomic E-state index is 9.20. The number of aliphatic hydroxyl groups is 3. The molecule has 0 aromatic carbocycles. The molecule has 0 aromatic heterocycles. The quantitative estimate of drug-likeness (QED) is 0.437. The Labute approximate surface area is 64.7 Å². The van der Waals surface area contributed by atoms with Crippen molar-refractivity contribution in [2.24, 2.45) is 0 Å². The molecule has 1 rings (SSSR count). The minimum atomic E-state index is -1.01.